The Bertz CT molecular complexity index is 641. The van der Waals surface area contributed by atoms with Crippen LogP contribution in [0, 0.1) is 24.4 Å². The van der Waals surface area contributed by atoms with E-state index >= 15 is 0 Å². The molecule has 0 saturated carbocycles. The van der Waals surface area contributed by atoms with E-state index in [1.165, 1.54) is 0 Å². The Balaban J connectivity index is 2.30. The van der Waals surface area contributed by atoms with E-state index in [4.69, 9.17) is 0 Å². The standard InChI is InChI=1S/C14H10F3NO/c1-8-4-2-3-5-9(8)14(19)18-11-7-6-10(15)12(16)13(11)17/h2-7H,1H3,(H,18,19). The van der Waals surface area contributed by atoms with Crippen molar-refractivity contribution in [1.29, 1.82) is 0 Å². The molecular formula is C14H10F3NO. The van der Waals surface area contributed by atoms with E-state index in [0.29, 0.717) is 11.1 Å². The first-order valence-electron chi connectivity index (χ1n) is 5.51. The Hall–Kier alpha value is -2.30. The first-order chi connectivity index (χ1) is 9.00. The van der Waals surface area contributed by atoms with Crippen LogP contribution in [0.3, 0.4) is 0 Å². The van der Waals surface area contributed by atoms with Gasteiger partial charge in [0, 0.05) is 5.56 Å². The van der Waals surface area contributed by atoms with Crippen LogP contribution in [-0.4, -0.2) is 5.91 Å². The van der Waals surface area contributed by atoms with Crippen molar-refractivity contribution in [2.45, 2.75) is 6.92 Å². The van der Waals surface area contributed by atoms with Gasteiger partial charge in [-0.3, -0.25) is 4.79 Å². The molecule has 0 unspecified atom stereocenters. The van der Waals surface area contributed by atoms with Crippen LogP contribution in [0.2, 0.25) is 0 Å². The van der Waals surface area contributed by atoms with E-state index in [-0.39, 0.29) is 0 Å². The maximum atomic E-state index is 13.4. The number of hydrogen-bond acceptors (Lipinski definition) is 1. The molecule has 0 aliphatic rings. The van der Waals surface area contributed by atoms with E-state index < -0.39 is 29.0 Å². The predicted octanol–water partition coefficient (Wildman–Crippen LogP) is 3.66. The number of halogens is 3. The number of amides is 1. The molecule has 0 radical (unpaired) electrons. The van der Waals surface area contributed by atoms with Crippen molar-refractivity contribution in [3.05, 3.63) is 65.0 Å². The van der Waals surface area contributed by atoms with Crippen molar-refractivity contribution in [2.24, 2.45) is 0 Å². The molecule has 98 valence electrons. The van der Waals surface area contributed by atoms with Crippen molar-refractivity contribution in [1.82, 2.24) is 0 Å². The number of carbonyl (C=O) groups excluding carboxylic acids is 1. The molecule has 5 heteroatoms. The molecule has 2 rings (SSSR count). The third kappa shape index (κ3) is 2.59. The highest BCUT2D eigenvalue weighted by atomic mass is 19.2. The predicted molar refractivity (Wildman–Crippen MR) is 65.4 cm³/mol. The number of nitrogens with one attached hydrogen (secondary N) is 1. The Morgan fingerprint density at radius 3 is 2.37 bits per heavy atom. The maximum absolute atomic E-state index is 13.4. The van der Waals surface area contributed by atoms with Crippen LogP contribution >= 0.6 is 0 Å². The van der Waals surface area contributed by atoms with Gasteiger partial charge in [0.1, 0.15) is 0 Å². The van der Waals surface area contributed by atoms with Crippen LogP contribution < -0.4 is 5.32 Å². The lowest BCUT2D eigenvalue weighted by Gasteiger charge is -2.09. The van der Waals surface area contributed by atoms with Gasteiger partial charge >= 0.3 is 0 Å². The van der Waals surface area contributed by atoms with Gasteiger partial charge in [-0.05, 0) is 30.7 Å². The van der Waals surface area contributed by atoms with Gasteiger partial charge in [0.05, 0.1) is 5.69 Å². The minimum atomic E-state index is -1.61. The average Bonchev–Trinajstić information content (AvgIpc) is 2.40. The number of rotatable bonds is 2. The molecule has 2 aromatic rings. The zero-order valence-electron chi connectivity index (χ0n) is 10.0. The summed E-state index contributed by atoms with van der Waals surface area (Å²) in [4.78, 5) is 11.9. The van der Waals surface area contributed by atoms with Crippen LogP contribution in [0.1, 0.15) is 15.9 Å². The first kappa shape index (κ1) is 13.1. The summed E-state index contributed by atoms with van der Waals surface area (Å²) in [5, 5.41) is 2.21. The number of aryl methyl sites for hydroxylation is 1. The van der Waals surface area contributed by atoms with Crippen molar-refractivity contribution < 1.29 is 18.0 Å². The summed E-state index contributed by atoms with van der Waals surface area (Å²) in [5.41, 5.74) is 0.641. The second-order valence-corrected chi connectivity index (χ2v) is 3.99. The second-order valence-electron chi connectivity index (χ2n) is 3.99. The third-order valence-electron chi connectivity index (χ3n) is 2.67. The molecule has 2 nitrogen and oxygen atoms in total. The molecule has 0 spiro atoms. The third-order valence-corrected chi connectivity index (χ3v) is 2.67. The molecule has 0 aliphatic carbocycles. The monoisotopic (exact) mass is 265 g/mol. The van der Waals surface area contributed by atoms with Gasteiger partial charge in [-0.1, -0.05) is 18.2 Å². The minimum absolute atomic E-state index is 0.339. The molecular weight excluding hydrogens is 255 g/mol. The van der Waals surface area contributed by atoms with Crippen LogP contribution in [0.25, 0.3) is 0 Å². The van der Waals surface area contributed by atoms with Gasteiger partial charge in [-0.25, -0.2) is 13.2 Å². The summed E-state index contributed by atoms with van der Waals surface area (Å²) in [6.07, 6.45) is 0. The second kappa shape index (κ2) is 5.14. The number of anilines is 1. The lowest BCUT2D eigenvalue weighted by atomic mass is 10.1. The molecule has 0 aromatic heterocycles. The molecule has 0 atom stereocenters. The zero-order valence-corrected chi connectivity index (χ0v) is 10.0. The molecule has 2 aromatic carbocycles. The molecule has 0 heterocycles. The Morgan fingerprint density at radius 1 is 1.00 bits per heavy atom. The summed E-state index contributed by atoms with van der Waals surface area (Å²) < 4.78 is 39.2. The molecule has 0 aliphatic heterocycles. The molecule has 0 bridgehead atoms. The fourth-order valence-electron chi connectivity index (χ4n) is 1.64. The van der Waals surface area contributed by atoms with Crippen molar-refractivity contribution in [3.8, 4) is 0 Å². The van der Waals surface area contributed by atoms with Gasteiger partial charge in [0.25, 0.3) is 5.91 Å². The summed E-state index contributed by atoms with van der Waals surface area (Å²) in [5.74, 6) is -4.90. The SMILES string of the molecule is Cc1ccccc1C(=O)Nc1ccc(F)c(F)c1F. The van der Waals surface area contributed by atoms with Gasteiger partial charge in [0.2, 0.25) is 0 Å². The number of carbonyl (C=O) groups is 1. The minimum Gasteiger partial charge on any atom is -0.319 e. The Kier molecular flexibility index (Phi) is 3.55. The van der Waals surface area contributed by atoms with E-state index in [1.807, 2.05) is 0 Å². The van der Waals surface area contributed by atoms with Crippen LogP contribution in [0.5, 0.6) is 0 Å². The van der Waals surface area contributed by atoms with Crippen molar-refractivity contribution >= 4 is 11.6 Å². The number of benzene rings is 2. The lowest BCUT2D eigenvalue weighted by Crippen LogP contribution is -2.15. The lowest BCUT2D eigenvalue weighted by molar-refractivity contribution is 0.102. The van der Waals surface area contributed by atoms with Crippen LogP contribution in [0.15, 0.2) is 36.4 Å². The Labute approximate surface area is 107 Å². The van der Waals surface area contributed by atoms with Crippen molar-refractivity contribution in [2.75, 3.05) is 5.32 Å². The van der Waals surface area contributed by atoms with E-state index in [1.54, 1.807) is 31.2 Å². The smallest absolute Gasteiger partial charge is 0.256 e. The molecule has 19 heavy (non-hydrogen) atoms. The normalized spacial score (nSPS) is 10.3. The van der Waals surface area contributed by atoms with E-state index in [2.05, 4.69) is 5.32 Å². The van der Waals surface area contributed by atoms with Crippen LogP contribution in [-0.2, 0) is 0 Å². The molecule has 0 fully saturated rings. The topological polar surface area (TPSA) is 29.1 Å². The fourth-order valence-corrected chi connectivity index (χ4v) is 1.64. The largest absolute Gasteiger partial charge is 0.319 e. The molecule has 0 saturated heterocycles. The molecule has 1 amide bonds. The number of hydrogen-bond donors (Lipinski definition) is 1. The highest BCUT2D eigenvalue weighted by Crippen LogP contribution is 2.20. The quantitative estimate of drug-likeness (QED) is 0.825. The maximum Gasteiger partial charge on any atom is 0.256 e. The highest BCUT2D eigenvalue weighted by Gasteiger charge is 2.16. The van der Waals surface area contributed by atoms with Gasteiger partial charge in [0.15, 0.2) is 17.5 Å². The highest BCUT2D eigenvalue weighted by molar-refractivity contribution is 6.05. The zero-order chi connectivity index (χ0) is 14.0. The van der Waals surface area contributed by atoms with Gasteiger partial charge < -0.3 is 5.32 Å². The first-order valence-corrected chi connectivity index (χ1v) is 5.51. The summed E-state index contributed by atoms with van der Waals surface area (Å²) in [6, 6.07) is 8.42. The van der Waals surface area contributed by atoms with Gasteiger partial charge in [-0.15, -0.1) is 0 Å². The van der Waals surface area contributed by atoms with Gasteiger partial charge in [-0.2, -0.15) is 0 Å². The van der Waals surface area contributed by atoms with E-state index in [0.717, 1.165) is 12.1 Å². The Morgan fingerprint density at radius 2 is 1.68 bits per heavy atom. The van der Waals surface area contributed by atoms with E-state index in [9.17, 15) is 18.0 Å². The van der Waals surface area contributed by atoms with Crippen molar-refractivity contribution in [3.63, 3.8) is 0 Å². The fraction of sp³-hybridized carbons (Fsp3) is 0.0714. The van der Waals surface area contributed by atoms with Crippen LogP contribution in [0.4, 0.5) is 18.9 Å². The summed E-state index contributed by atoms with van der Waals surface area (Å²) in [6.45, 7) is 1.72. The summed E-state index contributed by atoms with van der Waals surface area (Å²) >= 11 is 0. The molecule has 1 N–H and O–H groups in total. The summed E-state index contributed by atoms with van der Waals surface area (Å²) in [7, 11) is 0. The average molecular weight is 265 g/mol.